The Balaban J connectivity index is 3.19. The Bertz CT molecular complexity index is 356. The Morgan fingerprint density at radius 2 is 1.86 bits per heavy atom. The Morgan fingerprint density at radius 1 is 1.29 bits per heavy atom. The first-order chi connectivity index (χ1) is 6.46. The van der Waals surface area contributed by atoms with Gasteiger partial charge in [0, 0.05) is 11.0 Å². The summed E-state index contributed by atoms with van der Waals surface area (Å²) in [7, 11) is 0. The maximum Gasteiger partial charge on any atom is 0.168 e. The largest absolute Gasteiger partial charge is 0.294 e. The number of carbonyl (C=O) groups is 1. The second kappa shape index (κ2) is 3.79. The third-order valence-electron chi connectivity index (χ3n) is 2.11. The van der Waals surface area contributed by atoms with Crippen molar-refractivity contribution in [3.63, 3.8) is 0 Å². The van der Waals surface area contributed by atoms with Crippen molar-refractivity contribution in [1.29, 1.82) is 0 Å². The highest BCUT2D eigenvalue weighted by Gasteiger charge is 2.23. The molecule has 0 amide bonds. The van der Waals surface area contributed by atoms with Gasteiger partial charge in [-0.1, -0.05) is 57.7 Å². The highest BCUT2D eigenvalue weighted by molar-refractivity contribution is 6.02. The molecule has 0 aromatic heterocycles. The van der Waals surface area contributed by atoms with E-state index in [9.17, 15) is 4.79 Å². The minimum absolute atomic E-state index is 0.160. The van der Waals surface area contributed by atoms with Crippen LogP contribution in [0.1, 0.15) is 36.7 Å². The molecule has 0 N–H and O–H groups in total. The lowest BCUT2D eigenvalue weighted by atomic mass is 9.85. The molecule has 0 saturated carbocycles. The molecular formula is C13H16O. The highest BCUT2D eigenvalue weighted by atomic mass is 16.1. The average molecular weight is 188 g/mol. The van der Waals surface area contributed by atoms with E-state index in [-0.39, 0.29) is 11.2 Å². The molecule has 1 aromatic rings. The van der Waals surface area contributed by atoms with E-state index in [1.807, 2.05) is 45.0 Å². The molecule has 0 aliphatic rings. The second-order valence-electron chi connectivity index (χ2n) is 4.37. The van der Waals surface area contributed by atoms with Crippen LogP contribution in [0.5, 0.6) is 0 Å². The van der Waals surface area contributed by atoms with E-state index in [0.29, 0.717) is 0 Å². The van der Waals surface area contributed by atoms with Crippen molar-refractivity contribution in [1.82, 2.24) is 0 Å². The molecule has 14 heavy (non-hydrogen) atoms. The summed E-state index contributed by atoms with van der Waals surface area (Å²) in [5.41, 5.74) is 1.33. The van der Waals surface area contributed by atoms with E-state index in [4.69, 9.17) is 0 Å². The number of ketones is 1. The van der Waals surface area contributed by atoms with Crippen LogP contribution in [0.4, 0.5) is 0 Å². The van der Waals surface area contributed by atoms with E-state index >= 15 is 0 Å². The van der Waals surface area contributed by atoms with E-state index in [0.717, 1.165) is 11.1 Å². The molecule has 0 unspecified atom stereocenters. The predicted octanol–water partition coefficient (Wildman–Crippen LogP) is 3.56. The zero-order valence-corrected chi connectivity index (χ0v) is 9.00. The molecule has 0 aliphatic carbocycles. The Morgan fingerprint density at radius 3 is 2.36 bits per heavy atom. The Labute approximate surface area is 85.5 Å². The van der Waals surface area contributed by atoms with Crippen molar-refractivity contribution >= 4 is 11.9 Å². The van der Waals surface area contributed by atoms with Crippen molar-refractivity contribution in [3.05, 3.63) is 42.0 Å². The third kappa shape index (κ3) is 2.11. The second-order valence-corrected chi connectivity index (χ2v) is 4.37. The molecular weight excluding hydrogens is 172 g/mol. The fourth-order valence-electron chi connectivity index (χ4n) is 1.29. The van der Waals surface area contributed by atoms with E-state index in [2.05, 4.69) is 6.58 Å². The molecule has 74 valence electrons. The summed E-state index contributed by atoms with van der Waals surface area (Å²) >= 11 is 0. The normalized spacial score (nSPS) is 11.1. The lowest BCUT2D eigenvalue weighted by Crippen LogP contribution is -2.20. The van der Waals surface area contributed by atoms with E-state index < -0.39 is 0 Å². The predicted molar refractivity (Wildman–Crippen MR) is 60.3 cm³/mol. The van der Waals surface area contributed by atoms with Gasteiger partial charge in [0.15, 0.2) is 5.78 Å². The zero-order chi connectivity index (χ0) is 10.8. The summed E-state index contributed by atoms with van der Waals surface area (Å²) in [5, 5.41) is 0. The zero-order valence-electron chi connectivity index (χ0n) is 9.00. The van der Waals surface area contributed by atoms with Crippen molar-refractivity contribution in [3.8, 4) is 0 Å². The number of Topliss-reactive ketones (excluding diaryl/α,β-unsaturated/α-hetero) is 1. The van der Waals surface area contributed by atoms with Crippen LogP contribution in [-0.2, 0) is 0 Å². The fourth-order valence-corrected chi connectivity index (χ4v) is 1.29. The number of benzene rings is 1. The first kappa shape index (κ1) is 10.7. The molecule has 0 heterocycles. The van der Waals surface area contributed by atoms with Crippen LogP contribution in [-0.4, -0.2) is 5.78 Å². The number of rotatable bonds is 2. The Kier molecular flexibility index (Phi) is 2.90. The van der Waals surface area contributed by atoms with Crippen LogP contribution < -0.4 is 0 Å². The number of hydrogen-bond acceptors (Lipinski definition) is 1. The van der Waals surface area contributed by atoms with Crippen LogP contribution in [0.25, 0.3) is 6.08 Å². The molecule has 0 atom stereocenters. The molecule has 1 nitrogen and oxygen atoms in total. The lowest BCUT2D eigenvalue weighted by Gasteiger charge is -2.17. The topological polar surface area (TPSA) is 17.1 Å². The summed E-state index contributed by atoms with van der Waals surface area (Å²) in [6, 6.07) is 7.55. The van der Waals surface area contributed by atoms with Crippen LogP contribution in [0, 0.1) is 5.41 Å². The van der Waals surface area contributed by atoms with Gasteiger partial charge in [-0.25, -0.2) is 0 Å². The minimum atomic E-state index is -0.334. The van der Waals surface area contributed by atoms with Crippen molar-refractivity contribution in [2.24, 2.45) is 5.41 Å². The summed E-state index contributed by atoms with van der Waals surface area (Å²) in [6.45, 7) is 9.48. The molecule has 0 spiro atoms. The quantitative estimate of drug-likeness (QED) is 0.648. The van der Waals surface area contributed by atoms with Crippen LogP contribution in [0.2, 0.25) is 0 Å². The van der Waals surface area contributed by atoms with Gasteiger partial charge in [0.25, 0.3) is 0 Å². The molecule has 0 radical (unpaired) electrons. The van der Waals surface area contributed by atoms with Crippen LogP contribution in [0.15, 0.2) is 30.8 Å². The van der Waals surface area contributed by atoms with E-state index in [1.54, 1.807) is 6.08 Å². The number of carbonyl (C=O) groups excluding carboxylic acids is 1. The van der Waals surface area contributed by atoms with Crippen LogP contribution in [0.3, 0.4) is 0 Å². The SMILES string of the molecule is C=Cc1ccccc1C(=O)C(C)(C)C. The molecule has 0 saturated heterocycles. The summed E-state index contributed by atoms with van der Waals surface area (Å²) in [5.74, 6) is 0.160. The standard InChI is InChI=1S/C13H16O/c1-5-10-8-6-7-9-11(10)12(14)13(2,3)4/h5-9H,1H2,2-4H3. The number of hydrogen-bond donors (Lipinski definition) is 0. The van der Waals surface area contributed by atoms with Gasteiger partial charge in [0.1, 0.15) is 0 Å². The smallest absolute Gasteiger partial charge is 0.168 e. The molecule has 1 aromatic carbocycles. The van der Waals surface area contributed by atoms with Gasteiger partial charge in [-0.2, -0.15) is 0 Å². The van der Waals surface area contributed by atoms with Gasteiger partial charge < -0.3 is 0 Å². The average Bonchev–Trinajstić information content (AvgIpc) is 2.15. The summed E-state index contributed by atoms with van der Waals surface area (Å²) in [4.78, 5) is 12.0. The highest BCUT2D eigenvalue weighted by Crippen LogP contribution is 2.23. The maximum absolute atomic E-state index is 12.0. The fraction of sp³-hybridized carbons (Fsp3) is 0.308. The van der Waals surface area contributed by atoms with Crippen LogP contribution >= 0.6 is 0 Å². The van der Waals surface area contributed by atoms with E-state index in [1.165, 1.54) is 0 Å². The molecule has 0 fully saturated rings. The molecule has 0 aliphatic heterocycles. The van der Waals surface area contributed by atoms with Gasteiger partial charge in [-0.3, -0.25) is 4.79 Å². The molecule has 1 rings (SSSR count). The maximum atomic E-state index is 12.0. The third-order valence-corrected chi connectivity index (χ3v) is 2.11. The van der Waals surface area contributed by atoms with Gasteiger partial charge in [-0.05, 0) is 5.56 Å². The van der Waals surface area contributed by atoms with Gasteiger partial charge in [0.2, 0.25) is 0 Å². The monoisotopic (exact) mass is 188 g/mol. The summed E-state index contributed by atoms with van der Waals surface area (Å²) < 4.78 is 0. The van der Waals surface area contributed by atoms with Gasteiger partial charge in [0.05, 0.1) is 0 Å². The minimum Gasteiger partial charge on any atom is -0.294 e. The van der Waals surface area contributed by atoms with Crippen molar-refractivity contribution < 1.29 is 4.79 Å². The summed E-state index contributed by atoms with van der Waals surface area (Å²) in [6.07, 6.45) is 1.72. The Hall–Kier alpha value is -1.37. The molecule has 1 heteroatoms. The van der Waals surface area contributed by atoms with Crippen molar-refractivity contribution in [2.75, 3.05) is 0 Å². The van der Waals surface area contributed by atoms with Crippen molar-refractivity contribution in [2.45, 2.75) is 20.8 Å². The molecule has 0 bridgehead atoms. The van der Waals surface area contributed by atoms with Gasteiger partial charge >= 0.3 is 0 Å². The van der Waals surface area contributed by atoms with Gasteiger partial charge in [-0.15, -0.1) is 0 Å². The first-order valence-electron chi connectivity index (χ1n) is 4.73. The first-order valence-corrected chi connectivity index (χ1v) is 4.73. The lowest BCUT2D eigenvalue weighted by molar-refractivity contribution is 0.0858.